The van der Waals surface area contributed by atoms with Gasteiger partial charge in [-0.1, -0.05) is 72.3 Å². The van der Waals surface area contributed by atoms with Crippen LogP contribution in [0, 0.1) is 0 Å². The second-order valence-corrected chi connectivity index (χ2v) is 10.4. The smallest absolute Gasteiger partial charge is 0.136 e. The number of nitrogens with zero attached hydrogens (tertiary/aromatic N) is 2. The Morgan fingerprint density at radius 1 is 0.525 bits per heavy atom. The fourth-order valence-corrected chi connectivity index (χ4v) is 6.09. The lowest BCUT2D eigenvalue weighted by Crippen LogP contribution is -2.10. The van der Waals surface area contributed by atoms with Crippen molar-refractivity contribution in [3.63, 3.8) is 0 Å². The summed E-state index contributed by atoms with van der Waals surface area (Å²) >= 11 is 6.27. The van der Waals surface area contributed by atoms with Crippen molar-refractivity contribution in [1.82, 2.24) is 4.57 Å². The maximum atomic E-state index is 6.27. The van der Waals surface area contributed by atoms with Crippen LogP contribution in [-0.2, 0) is 0 Å². The number of fused-ring (bicyclic) bond motifs is 6. The number of para-hydroxylation sites is 3. The van der Waals surface area contributed by atoms with E-state index in [1.54, 1.807) is 0 Å². The third kappa shape index (κ3) is 3.52. The standard InChI is InChI=1S/C36H23ClN2O/c37-24-18-20-28-30-23-27(19-21-34(30)40-35(28)22-24)38(25-10-3-1-4-11-25)32-16-9-17-33-36(32)29-14-7-8-15-31(29)39(33)26-12-5-2-6-13-26/h1-23H. The highest BCUT2D eigenvalue weighted by atomic mass is 35.5. The quantitative estimate of drug-likeness (QED) is 0.224. The number of hydrogen-bond acceptors (Lipinski definition) is 2. The van der Waals surface area contributed by atoms with Gasteiger partial charge < -0.3 is 13.9 Å². The summed E-state index contributed by atoms with van der Waals surface area (Å²) in [6.07, 6.45) is 0. The molecule has 40 heavy (non-hydrogen) atoms. The molecule has 0 spiro atoms. The van der Waals surface area contributed by atoms with Crippen LogP contribution in [0.25, 0.3) is 49.4 Å². The third-order valence-electron chi connectivity index (χ3n) is 7.62. The predicted octanol–water partition coefficient (Wildman–Crippen LogP) is 10.8. The average Bonchev–Trinajstić information content (AvgIpc) is 3.53. The highest BCUT2D eigenvalue weighted by molar-refractivity contribution is 6.31. The van der Waals surface area contributed by atoms with Crippen LogP contribution in [0.1, 0.15) is 0 Å². The van der Waals surface area contributed by atoms with E-state index in [1.807, 2.05) is 18.2 Å². The molecular weight excluding hydrogens is 512 g/mol. The minimum atomic E-state index is 0.666. The molecule has 190 valence electrons. The zero-order valence-corrected chi connectivity index (χ0v) is 22.2. The Bertz CT molecular complexity index is 2180. The molecule has 0 saturated carbocycles. The fourth-order valence-electron chi connectivity index (χ4n) is 5.92. The molecule has 0 N–H and O–H groups in total. The molecule has 0 amide bonds. The van der Waals surface area contributed by atoms with E-state index in [4.69, 9.17) is 16.0 Å². The second-order valence-electron chi connectivity index (χ2n) is 9.95. The summed E-state index contributed by atoms with van der Waals surface area (Å²) in [5.41, 5.74) is 8.37. The normalized spacial score (nSPS) is 11.6. The molecule has 0 fully saturated rings. The van der Waals surface area contributed by atoms with Crippen LogP contribution in [0.4, 0.5) is 17.1 Å². The minimum absolute atomic E-state index is 0.666. The summed E-state index contributed by atoms with van der Waals surface area (Å²) in [7, 11) is 0. The van der Waals surface area contributed by atoms with E-state index in [2.05, 4.69) is 131 Å². The van der Waals surface area contributed by atoms with Gasteiger partial charge in [-0.15, -0.1) is 0 Å². The molecule has 3 nitrogen and oxygen atoms in total. The molecule has 0 aliphatic rings. The van der Waals surface area contributed by atoms with Gasteiger partial charge >= 0.3 is 0 Å². The molecule has 8 aromatic rings. The Morgan fingerprint density at radius 2 is 1.27 bits per heavy atom. The van der Waals surface area contributed by atoms with Gasteiger partial charge in [0.2, 0.25) is 0 Å². The molecule has 0 bridgehead atoms. The molecule has 0 aliphatic heterocycles. The van der Waals surface area contributed by atoms with Gasteiger partial charge in [0.15, 0.2) is 0 Å². The van der Waals surface area contributed by atoms with Crippen LogP contribution >= 0.6 is 11.6 Å². The zero-order chi connectivity index (χ0) is 26.6. The first-order chi connectivity index (χ1) is 19.8. The van der Waals surface area contributed by atoms with Gasteiger partial charge in [0, 0.05) is 49.7 Å². The third-order valence-corrected chi connectivity index (χ3v) is 7.86. The van der Waals surface area contributed by atoms with Crippen LogP contribution in [0.5, 0.6) is 0 Å². The van der Waals surface area contributed by atoms with Crippen LogP contribution in [0.2, 0.25) is 5.02 Å². The SMILES string of the molecule is Clc1ccc2c(c1)oc1ccc(N(c3ccccc3)c3cccc4c3c3ccccc3n4-c3ccccc3)cc12. The van der Waals surface area contributed by atoms with Crippen LogP contribution < -0.4 is 4.90 Å². The summed E-state index contributed by atoms with van der Waals surface area (Å²) < 4.78 is 8.51. The van der Waals surface area contributed by atoms with Gasteiger partial charge in [0.05, 0.1) is 16.7 Å². The number of halogens is 1. The fraction of sp³-hybridized carbons (Fsp3) is 0. The van der Waals surface area contributed by atoms with Gasteiger partial charge in [0.25, 0.3) is 0 Å². The summed E-state index contributed by atoms with van der Waals surface area (Å²) in [6.45, 7) is 0. The average molecular weight is 535 g/mol. The molecule has 4 heteroatoms. The lowest BCUT2D eigenvalue weighted by atomic mass is 10.1. The first-order valence-corrected chi connectivity index (χ1v) is 13.7. The monoisotopic (exact) mass is 534 g/mol. The van der Waals surface area contributed by atoms with E-state index in [1.165, 1.54) is 16.3 Å². The number of furan rings is 1. The van der Waals surface area contributed by atoms with Crippen LogP contribution in [0.3, 0.4) is 0 Å². The van der Waals surface area contributed by atoms with E-state index < -0.39 is 0 Å². The van der Waals surface area contributed by atoms with Crippen LogP contribution in [0.15, 0.2) is 144 Å². The van der Waals surface area contributed by atoms with Crippen molar-refractivity contribution in [2.75, 3.05) is 4.90 Å². The van der Waals surface area contributed by atoms with Crippen molar-refractivity contribution in [1.29, 1.82) is 0 Å². The van der Waals surface area contributed by atoms with Crippen molar-refractivity contribution in [2.45, 2.75) is 0 Å². The molecule has 0 radical (unpaired) electrons. The minimum Gasteiger partial charge on any atom is -0.456 e. The summed E-state index contributed by atoms with van der Waals surface area (Å²) in [6, 6.07) is 48.6. The number of rotatable bonds is 4. The molecule has 8 rings (SSSR count). The topological polar surface area (TPSA) is 21.3 Å². The van der Waals surface area contributed by atoms with E-state index in [0.29, 0.717) is 5.02 Å². The number of hydrogen-bond donors (Lipinski definition) is 0. The summed E-state index contributed by atoms with van der Waals surface area (Å²) in [5, 5.41) is 5.19. The van der Waals surface area contributed by atoms with Gasteiger partial charge in [-0.05, 0) is 72.8 Å². The first kappa shape index (κ1) is 22.9. The predicted molar refractivity (Wildman–Crippen MR) is 168 cm³/mol. The van der Waals surface area contributed by atoms with Crippen molar-refractivity contribution < 1.29 is 4.42 Å². The molecule has 2 aromatic heterocycles. The van der Waals surface area contributed by atoms with Gasteiger partial charge in [-0.3, -0.25) is 0 Å². The lowest BCUT2D eigenvalue weighted by molar-refractivity contribution is 0.669. The van der Waals surface area contributed by atoms with Crippen molar-refractivity contribution in [2.24, 2.45) is 0 Å². The Hall–Kier alpha value is -4.99. The highest BCUT2D eigenvalue weighted by Gasteiger charge is 2.21. The molecule has 0 atom stereocenters. The van der Waals surface area contributed by atoms with Gasteiger partial charge in [-0.25, -0.2) is 0 Å². The van der Waals surface area contributed by atoms with E-state index in [9.17, 15) is 0 Å². The largest absolute Gasteiger partial charge is 0.456 e. The number of aromatic nitrogens is 1. The first-order valence-electron chi connectivity index (χ1n) is 13.3. The Balaban J connectivity index is 1.44. The van der Waals surface area contributed by atoms with Crippen molar-refractivity contribution in [3.8, 4) is 5.69 Å². The number of benzene rings is 6. The van der Waals surface area contributed by atoms with E-state index in [0.717, 1.165) is 50.2 Å². The molecule has 0 unspecified atom stereocenters. The van der Waals surface area contributed by atoms with E-state index >= 15 is 0 Å². The Kier molecular flexibility index (Phi) is 5.19. The molecule has 2 heterocycles. The Labute approximate surface area is 236 Å². The Morgan fingerprint density at radius 3 is 2.12 bits per heavy atom. The van der Waals surface area contributed by atoms with Gasteiger partial charge in [0.1, 0.15) is 11.2 Å². The highest BCUT2D eigenvalue weighted by Crippen LogP contribution is 2.44. The van der Waals surface area contributed by atoms with Crippen LogP contribution in [-0.4, -0.2) is 4.57 Å². The van der Waals surface area contributed by atoms with Crippen molar-refractivity contribution >= 4 is 72.4 Å². The molecule has 6 aromatic carbocycles. The maximum Gasteiger partial charge on any atom is 0.136 e. The van der Waals surface area contributed by atoms with Crippen molar-refractivity contribution in [3.05, 3.63) is 145 Å². The summed E-state index contributed by atoms with van der Waals surface area (Å²) in [4.78, 5) is 2.35. The maximum absolute atomic E-state index is 6.27. The van der Waals surface area contributed by atoms with Gasteiger partial charge in [-0.2, -0.15) is 0 Å². The second kappa shape index (κ2) is 9.04. The van der Waals surface area contributed by atoms with E-state index in [-0.39, 0.29) is 0 Å². The molecule has 0 saturated heterocycles. The zero-order valence-electron chi connectivity index (χ0n) is 21.5. The molecular formula is C36H23ClN2O. The summed E-state index contributed by atoms with van der Waals surface area (Å²) in [5.74, 6) is 0. The number of anilines is 3. The lowest BCUT2D eigenvalue weighted by Gasteiger charge is -2.26. The molecule has 0 aliphatic carbocycles.